The third-order valence-electron chi connectivity index (χ3n) is 10.5. The van der Waals surface area contributed by atoms with Crippen LogP contribution in [0.3, 0.4) is 0 Å². The molecule has 14 heteroatoms. The zero-order valence-electron chi connectivity index (χ0n) is 26.3. The van der Waals surface area contributed by atoms with Crippen LogP contribution in [-0.2, 0) is 12.1 Å². The summed E-state index contributed by atoms with van der Waals surface area (Å²) in [6.45, 7) is 8.22. The molecule has 46 heavy (non-hydrogen) atoms. The van der Waals surface area contributed by atoms with Gasteiger partial charge in [-0.25, -0.2) is 9.37 Å². The first-order chi connectivity index (χ1) is 22.1. The number of anilines is 4. The van der Waals surface area contributed by atoms with E-state index in [1.807, 2.05) is 31.0 Å². The van der Waals surface area contributed by atoms with Crippen LogP contribution in [0, 0.1) is 22.7 Å². The number of nitriles is 2. The molecule has 7 heterocycles. The second-order valence-corrected chi connectivity index (χ2v) is 14.1. The SMILES string of the molecule is CCN1Cc2sc(N)c(C#N)c2C12CN(c1nc(OC[C@@]34CCCN3C[C@H](F)C4)nc(N(C)[C@H](C)c3cccnc3N)c1C#N)C2. The molecule has 12 nitrogen and oxygen atoms in total. The van der Waals surface area contributed by atoms with Crippen LogP contribution in [0.2, 0.25) is 0 Å². The number of nitrogen functional groups attached to an aromatic ring is 2. The molecule has 0 radical (unpaired) electrons. The summed E-state index contributed by atoms with van der Waals surface area (Å²) in [5.41, 5.74) is 14.4. The van der Waals surface area contributed by atoms with Gasteiger partial charge in [0.15, 0.2) is 11.6 Å². The Morgan fingerprint density at radius 1 is 1.24 bits per heavy atom. The van der Waals surface area contributed by atoms with Crippen molar-refractivity contribution < 1.29 is 9.13 Å². The molecule has 0 amide bonds. The van der Waals surface area contributed by atoms with E-state index in [-0.39, 0.29) is 24.2 Å². The molecular formula is C32H38FN11OS. The number of likely N-dealkylation sites (N-methyl/N-ethyl adjacent to an activating group) is 1. The summed E-state index contributed by atoms with van der Waals surface area (Å²) in [5, 5.41) is 21.1. The van der Waals surface area contributed by atoms with Crippen LogP contribution in [0.5, 0.6) is 6.01 Å². The van der Waals surface area contributed by atoms with Gasteiger partial charge in [0, 0.05) is 61.8 Å². The second-order valence-electron chi connectivity index (χ2n) is 12.9. The molecule has 1 spiro atoms. The zero-order valence-corrected chi connectivity index (χ0v) is 27.1. The Morgan fingerprint density at radius 2 is 2.02 bits per heavy atom. The molecular weight excluding hydrogens is 605 g/mol. The van der Waals surface area contributed by atoms with Gasteiger partial charge in [0.2, 0.25) is 0 Å². The molecule has 3 fully saturated rings. The van der Waals surface area contributed by atoms with Gasteiger partial charge in [0.1, 0.15) is 41.3 Å². The number of aromatic nitrogens is 3. The predicted octanol–water partition coefficient (Wildman–Crippen LogP) is 3.54. The first-order valence-electron chi connectivity index (χ1n) is 15.7. The van der Waals surface area contributed by atoms with Crippen molar-refractivity contribution >= 4 is 33.8 Å². The van der Waals surface area contributed by atoms with Gasteiger partial charge < -0.3 is 26.0 Å². The summed E-state index contributed by atoms with van der Waals surface area (Å²) in [6.07, 6.45) is 3.04. The first kappa shape index (κ1) is 30.4. The van der Waals surface area contributed by atoms with Gasteiger partial charge in [-0.15, -0.1) is 11.3 Å². The van der Waals surface area contributed by atoms with Crippen LogP contribution in [0.4, 0.5) is 26.8 Å². The Balaban J connectivity index is 1.27. The number of fused-ring (bicyclic) bond motifs is 3. The maximum Gasteiger partial charge on any atom is 0.320 e. The number of hydrogen-bond acceptors (Lipinski definition) is 13. The van der Waals surface area contributed by atoms with E-state index in [2.05, 4.69) is 38.7 Å². The summed E-state index contributed by atoms with van der Waals surface area (Å²) in [6, 6.07) is 8.33. The van der Waals surface area contributed by atoms with Gasteiger partial charge in [0.25, 0.3) is 0 Å². The molecule has 0 bridgehead atoms. The molecule has 4 aliphatic heterocycles. The lowest BCUT2D eigenvalue weighted by Crippen LogP contribution is -2.66. The van der Waals surface area contributed by atoms with Crippen molar-refractivity contribution in [1.29, 1.82) is 10.5 Å². The highest BCUT2D eigenvalue weighted by atomic mass is 32.1. The average Bonchev–Trinajstić information content (AvgIpc) is 3.74. The highest BCUT2D eigenvalue weighted by molar-refractivity contribution is 7.16. The summed E-state index contributed by atoms with van der Waals surface area (Å²) >= 11 is 1.48. The van der Waals surface area contributed by atoms with Gasteiger partial charge >= 0.3 is 6.01 Å². The smallest absolute Gasteiger partial charge is 0.320 e. The highest BCUT2D eigenvalue weighted by Crippen LogP contribution is 2.53. The molecule has 4 aliphatic rings. The van der Waals surface area contributed by atoms with Gasteiger partial charge in [-0.3, -0.25) is 9.80 Å². The fourth-order valence-electron chi connectivity index (χ4n) is 8.09. The summed E-state index contributed by atoms with van der Waals surface area (Å²) in [5.74, 6) is 1.28. The van der Waals surface area contributed by atoms with Crippen LogP contribution in [0.25, 0.3) is 0 Å². The topological polar surface area (TPSA) is 160 Å². The lowest BCUT2D eigenvalue weighted by molar-refractivity contribution is 0.0754. The van der Waals surface area contributed by atoms with Gasteiger partial charge in [-0.05, 0) is 38.9 Å². The van der Waals surface area contributed by atoms with E-state index < -0.39 is 11.7 Å². The molecule has 0 saturated carbocycles. The Bertz CT molecular complexity index is 1760. The largest absolute Gasteiger partial charge is 0.461 e. The lowest BCUT2D eigenvalue weighted by atomic mass is 9.81. The molecule has 3 aromatic rings. The Hall–Kier alpha value is -4.24. The minimum Gasteiger partial charge on any atom is -0.461 e. The summed E-state index contributed by atoms with van der Waals surface area (Å²) in [7, 11) is 1.86. The molecule has 3 aromatic heterocycles. The highest BCUT2D eigenvalue weighted by Gasteiger charge is 2.56. The van der Waals surface area contributed by atoms with E-state index in [1.54, 1.807) is 6.20 Å². The van der Waals surface area contributed by atoms with Gasteiger partial charge in [0.05, 0.1) is 22.7 Å². The van der Waals surface area contributed by atoms with E-state index in [4.69, 9.17) is 26.2 Å². The molecule has 3 saturated heterocycles. The Kier molecular flexibility index (Phi) is 7.42. The van der Waals surface area contributed by atoms with Crippen molar-refractivity contribution in [3.8, 4) is 18.1 Å². The Morgan fingerprint density at radius 3 is 2.74 bits per heavy atom. The summed E-state index contributed by atoms with van der Waals surface area (Å²) in [4.78, 5) is 23.5. The van der Waals surface area contributed by atoms with Crippen LogP contribution >= 0.6 is 11.3 Å². The number of pyridine rings is 1. The van der Waals surface area contributed by atoms with Crippen molar-refractivity contribution in [3.05, 3.63) is 45.5 Å². The number of ether oxygens (including phenoxy) is 1. The normalized spacial score (nSPS) is 23.9. The van der Waals surface area contributed by atoms with Crippen LogP contribution in [0.15, 0.2) is 18.3 Å². The zero-order chi connectivity index (χ0) is 32.4. The van der Waals surface area contributed by atoms with Gasteiger partial charge in [-0.1, -0.05) is 13.0 Å². The van der Waals surface area contributed by atoms with E-state index in [0.717, 1.165) is 48.5 Å². The molecule has 3 atom stereocenters. The number of alkyl halides is 1. The fraction of sp³-hybridized carbons (Fsp3) is 0.531. The third kappa shape index (κ3) is 4.54. The number of hydrogen-bond donors (Lipinski definition) is 2. The lowest BCUT2D eigenvalue weighted by Gasteiger charge is -2.53. The van der Waals surface area contributed by atoms with E-state index in [9.17, 15) is 14.9 Å². The van der Waals surface area contributed by atoms with E-state index in [1.165, 1.54) is 11.3 Å². The number of rotatable bonds is 8. The van der Waals surface area contributed by atoms with Crippen LogP contribution in [-0.4, -0.2) is 82.8 Å². The van der Waals surface area contributed by atoms with Gasteiger partial charge in [-0.2, -0.15) is 20.5 Å². The number of nitrogens with two attached hydrogens (primary N) is 2. The van der Waals surface area contributed by atoms with E-state index >= 15 is 0 Å². The Labute approximate surface area is 272 Å². The predicted molar refractivity (Wildman–Crippen MR) is 174 cm³/mol. The molecule has 0 aliphatic carbocycles. The van der Waals surface area contributed by atoms with Crippen molar-refractivity contribution in [2.75, 3.05) is 67.6 Å². The number of thiophene rings is 1. The molecule has 4 N–H and O–H groups in total. The minimum absolute atomic E-state index is 0.142. The molecule has 7 rings (SSSR count). The molecule has 0 unspecified atom stereocenters. The maximum absolute atomic E-state index is 14.5. The second kappa shape index (κ2) is 11.2. The maximum atomic E-state index is 14.5. The minimum atomic E-state index is -0.881. The van der Waals surface area contributed by atoms with Crippen molar-refractivity contribution in [2.24, 2.45) is 0 Å². The molecule has 240 valence electrons. The monoisotopic (exact) mass is 643 g/mol. The standard InChI is InChI=1S/C32H38FN11OS/c1-4-43-15-24-25(22(12-34)27(37)46-24)32(43)16-42(17-32)29-23(13-35)28(41(3)19(2)21-7-5-9-38-26(21)36)39-30(40-29)45-18-31-8-6-10-44(31)14-20(33)11-31/h5,7,9,19-20H,4,6,8,10-11,14-18,37H2,1-3H3,(H2,36,38)/t19-,20-,31+/m1/s1. The van der Waals surface area contributed by atoms with Crippen molar-refractivity contribution in [2.45, 2.75) is 62.9 Å². The average molecular weight is 644 g/mol. The molecule has 0 aromatic carbocycles. The quantitative estimate of drug-likeness (QED) is 0.368. The first-order valence-corrected chi connectivity index (χ1v) is 16.6. The number of nitrogens with zero attached hydrogens (tertiary/aromatic N) is 9. The fourth-order valence-corrected chi connectivity index (χ4v) is 9.22. The van der Waals surface area contributed by atoms with Crippen molar-refractivity contribution in [3.63, 3.8) is 0 Å². The third-order valence-corrected chi connectivity index (χ3v) is 11.5. The van der Waals surface area contributed by atoms with E-state index in [0.29, 0.717) is 59.6 Å². The van der Waals surface area contributed by atoms with Crippen LogP contribution < -0.4 is 26.0 Å². The van der Waals surface area contributed by atoms with Crippen LogP contribution in [0.1, 0.15) is 66.3 Å². The summed E-state index contributed by atoms with van der Waals surface area (Å²) < 4.78 is 20.9. The van der Waals surface area contributed by atoms with Crippen molar-refractivity contribution in [1.82, 2.24) is 24.8 Å². The number of halogens is 1.